The number of ether oxygens (including phenoxy) is 1. The molecule has 0 spiro atoms. The van der Waals surface area contributed by atoms with E-state index in [1.54, 1.807) is 4.90 Å². The minimum atomic E-state index is 0.258. The third-order valence-corrected chi connectivity index (χ3v) is 3.49. The Hall–Kier alpha value is -1.51. The van der Waals surface area contributed by atoms with Gasteiger partial charge in [-0.1, -0.05) is 19.1 Å². The van der Waals surface area contributed by atoms with Gasteiger partial charge in [-0.05, 0) is 37.0 Å². The molecule has 3 nitrogen and oxygen atoms in total. The Kier molecular flexibility index (Phi) is 3.90. The Bertz CT molecular complexity index is 430. The first-order valence-electron chi connectivity index (χ1n) is 6.52. The molecule has 1 aromatic rings. The third kappa shape index (κ3) is 3.25. The Balaban J connectivity index is 1.73. The number of likely N-dealkylation sites (N-methyl/N-ethyl adjacent to an activating group) is 1. The number of nitrogens with zero attached hydrogens (tertiary/aromatic N) is 1. The smallest absolute Gasteiger partial charge is 0.225 e. The first-order chi connectivity index (χ1) is 8.58. The maximum atomic E-state index is 11.9. The van der Waals surface area contributed by atoms with Crippen LogP contribution >= 0.6 is 0 Å². The highest BCUT2D eigenvalue weighted by Crippen LogP contribution is 2.38. The maximum Gasteiger partial charge on any atom is 0.225 e. The monoisotopic (exact) mass is 247 g/mol. The summed E-state index contributed by atoms with van der Waals surface area (Å²) in [6.45, 7) is 5.36. The fourth-order valence-electron chi connectivity index (χ4n) is 2.07. The summed E-state index contributed by atoms with van der Waals surface area (Å²) in [5, 5.41) is 0. The Labute approximate surface area is 109 Å². The molecule has 0 aromatic heterocycles. The van der Waals surface area contributed by atoms with Crippen molar-refractivity contribution in [2.24, 2.45) is 11.8 Å². The van der Waals surface area contributed by atoms with Crippen molar-refractivity contribution in [2.45, 2.75) is 20.3 Å². The van der Waals surface area contributed by atoms with E-state index in [-0.39, 0.29) is 11.8 Å². The molecule has 0 heterocycles. The van der Waals surface area contributed by atoms with Crippen molar-refractivity contribution < 1.29 is 9.53 Å². The van der Waals surface area contributed by atoms with Gasteiger partial charge in [0.2, 0.25) is 5.91 Å². The van der Waals surface area contributed by atoms with E-state index in [4.69, 9.17) is 4.74 Å². The minimum absolute atomic E-state index is 0.258. The number of aryl methyl sites for hydroxylation is 1. The Morgan fingerprint density at radius 2 is 2.22 bits per heavy atom. The number of amides is 1. The van der Waals surface area contributed by atoms with Crippen molar-refractivity contribution in [3.8, 4) is 5.75 Å². The molecule has 2 rings (SSSR count). The molecule has 0 radical (unpaired) electrons. The van der Waals surface area contributed by atoms with Crippen molar-refractivity contribution >= 4 is 5.91 Å². The standard InChI is InChI=1S/C15H21NO2/c1-11-5-4-6-13(9-11)18-8-7-16(3)15(17)14-10-12(14)2/h4-6,9,12,14H,7-8,10H2,1-3H3. The van der Waals surface area contributed by atoms with E-state index in [0.29, 0.717) is 19.1 Å². The van der Waals surface area contributed by atoms with E-state index in [9.17, 15) is 4.79 Å². The summed E-state index contributed by atoms with van der Waals surface area (Å²) in [7, 11) is 1.85. The number of hydrogen-bond donors (Lipinski definition) is 0. The number of carbonyl (C=O) groups is 1. The normalized spacial score (nSPS) is 21.5. The predicted octanol–water partition coefficient (Wildman–Crippen LogP) is 2.49. The largest absolute Gasteiger partial charge is 0.492 e. The first kappa shape index (κ1) is 12.9. The zero-order valence-corrected chi connectivity index (χ0v) is 11.3. The lowest BCUT2D eigenvalue weighted by Gasteiger charge is -2.17. The van der Waals surface area contributed by atoms with Crippen LogP contribution in [0.2, 0.25) is 0 Å². The van der Waals surface area contributed by atoms with E-state index in [1.165, 1.54) is 5.56 Å². The lowest BCUT2D eigenvalue weighted by Crippen LogP contribution is -2.32. The molecular formula is C15H21NO2. The molecule has 1 aliphatic rings. The zero-order chi connectivity index (χ0) is 13.1. The van der Waals surface area contributed by atoms with Crippen LogP contribution in [0.3, 0.4) is 0 Å². The molecular weight excluding hydrogens is 226 g/mol. The van der Waals surface area contributed by atoms with Crippen molar-refractivity contribution in [1.29, 1.82) is 0 Å². The van der Waals surface area contributed by atoms with E-state index < -0.39 is 0 Å². The fraction of sp³-hybridized carbons (Fsp3) is 0.533. The zero-order valence-electron chi connectivity index (χ0n) is 11.3. The molecule has 1 aliphatic carbocycles. The highest BCUT2D eigenvalue weighted by atomic mass is 16.5. The van der Waals surface area contributed by atoms with E-state index in [2.05, 4.69) is 6.92 Å². The first-order valence-corrected chi connectivity index (χ1v) is 6.52. The number of hydrogen-bond acceptors (Lipinski definition) is 2. The van der Waals surface area contributed by atoms with Gasteiger partial charge in [-0.3, -0.25) is 4.79 Å². The average molecular weight is 247 g/mol. The molecule has 3 heteroatoms. The highest BCUT2D eigenvalue weighted by Gasteiger charge is 2.40. The summed E-state index contributed by atoms with van der Waals surface area (Å²) in [5.74, 6) is 1.96. The predicted molar refractivity (Wildman–Crippen MR) is 71.6 cm³/mol. The molecule has 1 amide bonds. The summed E-state index contributed by atoms with van der Waals surface area (Å²) >= 11 is 0. The number of carbonyl (C=O) groups excluding carboxylic acids is 1. The second-order valence-electron chi connectivity index (χ2n) is 5.24. The quantitative estimate of drug-likeness (QED) is 0.800. The molecule has 2 atom stereocenters. The Morgan fingerprint density at radius 1 is 1.50 bits per heavy atom. The molecule has 2 unspecified atom stereocenters. The lowest BCUT2D eigenvalue weighted by atomic mass is 10.2. The summed E-state index contributed by atoms with van der Waals surface area (Å²) in [6.07, 6.45) is 1.04. The minimum Gasteiger partial charge on any atom is -0.492 e. The molecule has 18 heavy (non-hydrogen) atoms. The third-order valence-electron chi connectivity index (χ3n) is 3.49. The van der Waals surface area contributed by atoms with Crippen LogP contribution in [0.25, 0.3) is 0 Å². The molecule has 0 bridgehead atoms. The molecule has 98 valence electrons. The van der Waals surface area contributed by atoms with Gasteiger partial charge < -0.3 is 9.64 Å². The molecule has 1 saturated carbocycles. The SMILES string of the molecule is Cc1cccc(OCCN(C)C(=O)C2CC2C)c1. The van der Waals surface area contributed by atoms with Crippen LogP contribution in [0.1, 0.15) is 18.9 Å². The summed E-state index contributed by atoms with van der Waals surface area (Å²) in [6, 6.07) is 7.96. The van der Waals surface area contributed by atoms with Crippen LogP contribution in [-0.2, 0) is 4.79 Å². The van der Waals surface area contributed by atoms with Crippen molar-refractivity contribution in [1.82, 2.24) is 4.90 Å². The van der Waals surface area contributed by atoms with Crippen LogP contribution in [0, 0.1) is 18.8 Å². The molecule has 1 aromatic carbocycles. The Morgan fingerprint density at radius 3 is 2.83 bits per heavy atom. The second kappa shape index (κ2) is 5.42. The van der Waals surface area contributed by atoms with Gasteiger partial charge in [0, 0.05) is 13.0 Å². The van der Waals surface area contributed by atoms with Gasteiger partial charge in [0.15, 0.2) is 0 Å². The molecule has 1 fully saturated rings. The molecule has 0 saturated heterocycles. The number of benzene rings is 1. The number of rotatable bonds is 5. The maximum absolute atomic E-state index is 11.9. The summed E-state index contributed by atoms with van der Waals surface area (Å²) in [5.41, 5.74) is 1.18. The fourth-order valence-corrected chi connectivity index (χ4v) is 2.07. The van der Waals surface area contributed by atoms with Crippen LogP contribution in [0.5, 0.6) is 5.75 Å². The van der Waals surface area contributed by atoms with E-state index in [1.807, 2.05) is 38.2 Å². The van der Waals surface area contributed by atoms with Crippen LogP contribution in [0.15, 0.2) is 24.3 Å². The van der Waals surface area contributed by atoms with E-state index in [0.717, 1.165) is 12.2 Å². The van der Waals surface area contributed by atoms with Crippen molar-refractivity contribution in [3.05, 3.63) is 29.8 Å². The topological polar surface area (TPSA) is 29.5 Å². The van der Waals surface area contributed by atoms with Crippen LogP contribution in [-0.4, -0.2) is 31.0 Å². The molecule has 0 aliphatic heterocycles. The highest BCUT2D eigenvalue weighted by molar-refractivity contribution is 5.81. The van der Waals surface area contributed by atoms with Gasteiger partial charge in [-0.2, -0.15) is 0 Å². The van der Waals surface area contributed by atoms with Gasteiger partial charge in [0.25, 0.3) is 0 Å². The van der Waals surface area contributed by atoms with Gasteiger partial charge >= 0.3 is 0 Å². The summed E-state index contributed by atoms with van der Waals surface area (Å²) < 4.78 is 5.64. The molecule has 0 N–H and O–H groups in total. The van der Waals surface area contributed by atoms with Crippen molar-refractivity contribution in [3.63, 3.8) is 0 Å². The van der Waals surface area contributed by atoms with Crippen LogP contribution in [0.4, 0.5) is 0 Å². The second-order valence-corrected chi connectivity index (χ2v) is 5.24. The van der Waals surface area contributed by atoms with Gasteiger partial charge in [-0.25, -0.2) is 0 Å². The van der Waals surface area contributed by atoms with Crippen molar-refractivity contribution in [2.75, 3.05) is 20.2 Å². The van der Waals surface area contributed by atoms with E-state index >= 15 is 0 Å². The lowest BCUT2D eigenvalue weighted by molar-refractivity contribution is -0.131. The van der Waals surface area contributed by atoms with Gasteiger partial charge in [0.05, 0.1) is 6.54 Å². The average Bonchev–Trinajstić information content (AvgIpc) is 3.05. The van der Waals surface area contributed by atoms with Crippen LogP contribution < -0.4 is 4.74 Å². The van der Waals surface area contributed by atoms with Gasteiger partial charge in [0.1, 0.15) is 12.4 Å². The summed E-state index contributed by atoms with van der Waals surface area (Å²) in [4.78, 5) is 13.7. The van der Waals surface area contributed by atoms with Gasteiger partial charge in [-0.15, -0.1) is 0 Å².